The van der Waals surface area contributed by atoms with Crippen molar-refractivity contribution >= 4 is 28.1 Å². The maximum absolute atomic E-state index is 12.6. The maximum Gasteiger partial charge on any atom is 0.274 e. The van der Waals surface area contributed by atoms with Crippen molar-refractivity contribution in [3.63, 3.8) is 0 Å². The van der Waals surface area contributed by atoms with Crippen LogP contribution in [0.25, 0.3) is 10.8 Å². The monoisotopic (exact) mass is 317 g/mol. The summed E-state index contributed by atoms with van der Waals surface area (Å²) >= 11 is 0. The molecule has 0 radical (unpaired) electrons. The van der Waals surface area contributed by atoms with Crippen LogP contribution in [0.2, 0.25) is 0 Å². The molecule has 2 aromatic carbocycles. The Morgan fingerprint density at radius 3 is 2.67 bits per heavy atom. The van der Waals surface area contributed by atoms with Gasteiger partial charge in [-0.15, -0.1) is 0 Å². The molecule has 1 saturated heterocycles. The Bertz CT molecular complexity index is 879. The molecule has 0 aliphatic carbocycles. The molecule has 0 unspecified atom stereocenters. The second-order valence-electron chi connectivity index (χ2n) is 6.07. The summed E-state index contributed by atoms with van der Waals surface area (Å²) in [5, 5.41) is 5.14. The van der Waals surface area contributed by atoms with Gasteiger partial charge < -0.3 is 10.2 Å². The molecule has 1 aliphatic heterocycles. The number of hydrogen-bond donors (Lipinski definition) is 1. The molecule has 0 saturated carbocycles. The summed E-state index contributed by atoms with van der Waals surface area (Å²) in [7, 11) is 0. The Labute approximate surface area is 141 Å². The average Bonchev–Trinajstić information content (AvgIpc) is 3.17. The SMILES string of the molecule is O=C(Nc1cccc2ccccc12)c1cc(N2CCCC2)ccn1. The van der Waals surface area contributed by atoms with Gasteiger partial charge in [0.1, 0.15) is 5.69 Å². The number of benzene rings is 2. The molecule has 1 aliphatic rings. The first kappa shape index (κ1) is 14.7. The predicted octanol–water partition coefficient (Wildman–Crippen LogP) is 4.09. The summed E-state index contributed by atoms with van der Waals surface area (Å²) in [6.07, 6.45) is 4.13. The number of amides is 1. The highest BCUT2D eigenvalue weighted by atomic mass is 16.1. The van der Waals surface area contributed by atoms with Crippen LogP contribution in [0, 0.1) is 0 Å². The average molecular weight is 317 g/mol. The molecule has 1 aromatic heterocycles. The van der Waals surface area contributed by atoms with E-state index in [1.54, 1.807) is 6.20 Å². The maximum atomic E-state index is 12.6. The summed E-state index contributed by atoms with van der Waals surface area (Å²) in [4.78, 5) is 19.2. The summed E-state index contributed by atoms with van der Waals surface area (Å²) < 4.78 is 0. The number of pyridine rings is 1. The minimum atomic E-state index is -0.174. The summed E-state index contributed by atoms with van der Waals surface area (Å²) in [5.41, 5.74) is 2.34. The highest BCUT2D eigenvalue weighted by Crippen LogP contribution is 2.24. The highest BCUT2D eigenvalue weighted by molar-refractivity contribution is 6.08. The van der Waals surface area contributed by atoms with Crippen molar-refractivity contribution in [2.24, 2.45) is 0 Å². The first-order valence-corrected chi connectivity index (χ1v) is 8.31. The van der Waals surface area contributed by atoms with Crippen LogP contribution >= 0.6 is 0 Å². The molecule has 1 fully saturated rings. The van der Waals surface area contributed by atoms with E-state index in [4.69, 9.17) is 0 Å². The van der Waals surface area contributed by atoms with E-state index in [-0.39, 0.29) is 5.91 Å². The van der Waals surface area contributed by atoms with Gasteiger partial charge in [0.25, 0.3) is 5.91 Å². The van der Waals surface area contributed by atoms with E-state index in [0.29, 0.717) is 5.69 Å². The quantitative estimate of drug-likeness (QED) is 0.791. The van der Waals surface area contributed by atoms with Crippen LogP contribution in [0.5, 0.6) is 0 Å². The van der Waals surface area contributed by atoms with Gasteiger partial charge in [-0.05, 0) is 36.4 Å². The van der Waals surface area contributed by atoms with Gasteiger partial charge in [-0.2, -0.15) is 0 Å². The molecule has 24 heavy (non-hydrogen) atoms. The fourth-order valence-electron chi connectivity index (χ4n) is 3.24. The third-order valence-corrected chi connectivity index (χ3v) is 4.49. The van der Waals surface area contributed by atoms with E-state index in [0.717, 1.165) is 35.2 Å². The zero-order chi connectivity index (χ0) is 16.4. The van der Waals surface area contributed by atoms with Crippen LogP contribution in [0.15, 0.2) is 60.8 Å². The predicted molar refractivity (Wildman–Crippen MR) is 97.6 cm³/mol. The van der Waals surface area contributed by atoms with Gasteiger partial charge in [0.15, 0.2) is 0 Å². The van der Waals surface area contributed by atoms with E-state index in [1.165, 1.54) is 12.8 Å². The number of aromatic nitrogens is 1. The van der Waals surface area contributed by atoms with Crippen molar-refractivity contribution in [1.29, 1.82) is 0 Å². The van der Waals surface area contributed by atoms with Crippen molar-refractivity contribution in [3.8, 4) is 0 Å². The second-order valence-corrected chi connectivity index (χ2v) is 6.07. The van der Waals surface area contributed by atoms with Gasteiger partial charge in [-0.1, -0.05) is 36.4 Å². The summed E-state index contributed by atoms with van der Waals surface area (Å²) in [6.45, 7) is 2.10. The number of nitrogens with zero attached hydrogens (tertiary/aromatic N) is 2. The van der Waals surface area contributed by atoms with Crippen molar-refractivity contribution in [3.05, 3.63) is 66.5 Å². The van der Waals surface area contributed by atoms with E-state index >= 15 is 0 Å². The van der Waals surface area contributed by atoms with Crippen molar-refractivity contribution in [1.82, 2.24) is 4.98 Å². The Hall–Kier alpha value is -2.88. The van der Waals surface area contributed by atoms with Gasteiger partial charge in [0, 0.05) is 36.0 Å². The number of fused-ring (bicyclic) bond motifs is 1. The third kappa shape index (κ3) is 2.83. The second kappa shape index (κ2) is 6.32. The molecule has 4 nitrogen and oxygen atoms in total. The van der Waals surface area contributed by atoms with Crippen LogP contribution in [0.1, 0.15) is 23.3 Å². The fourth-order valence-corrected chi connectivity index (χ4v) is 3.24. The molecule has 1 N–H and O–H groups in total. The molecule has 120 valence electrons. The lowest BCUT2D eigenvalue weighted by molar-refractivity contribution is 0.102. The summed E-state index contributed by atoms with van der Waals surface area (Å²) in [6, 6.07) is 17.8. The van der Waals surface area contributed by atoms with Crippen LogP contribution in [0.4, 0.5) is 11.4 Å². The molecule has 0 spiro atoms. The zero-order valence-corrected chi connectivity index (χ0v) is 13.4. The zero-order valence-electron chi connectivity index (χ0n) is 13.4. The van der Waals surface area contributed by atoms with E-state index in [2.05, 4.69) is 15.2 Å². The molecule has 0 bridgehead atoms. The van der Waals surface area contributed by atoms with Crippen molar-refractivity contribution in [2.45, 2.75) is 12.8 Å². The lowest BCUT2D eigenvalue weighted by Crippen LogP contribution is -2.19. The van der Waals surface area contributed by atoms with Crippen LogP contribution in [-0.2, 0) is 0 Å². The number of anilines is 2. The van der Waals surface area contributed by atoms with Gasteiger partial charge in [-0.25, -0.2) is 0 Å². The Morgan fingerprint density at radius 2 is 1.79 bits per heavy atom. The third-order valence-electron chi connectivity index (χ3n) is 4.49. The van der Waals surface area contributed by atoms with E-state index in [9.17, 15) is 4.79 Å². The van der Waals surface area contributed by atoms with Crippen molar-refractivity contribution in [2.75, 3.05) is 23.3 Å². The molecular weight excluding hydrogens is 298 g/mol. The number of nitrogens with one attached hydrogen (secondary N) is 1. The Balaban J connectivity index is 1.61. The van der Waals surface area contributed by atoms with Gasteiger partial charge >= 0.3 is 0 Å². The molecule has 4 rings (SSSR count). The smallest absolute Gasteiger partial charge is 0.274 e. The summed E-state index contributed by atoms with van der Waals surface area (Å²) in [5.74, 6) is -0.174. The standard InChI is InChI=1S/C20H19N3O/c24-20(19-14-16(10-11-21-19)23-12-3-4-13-23)22-18-9-5-7-15-6-1-2-8-17(15)18/h1-2,5-11,14H,3-4,12-13H2,(H,22,24). The van der Waals surface area contributed by atoms with Crippen LogP contribution in [-0.4, -0.2) is 24.0 Å². The molecule has 2 heterocycles. The lowest BCUT2D eigenvalue weighted by Gasteiger charge is -2.17. The number of carbonyl (C=O) groups is 1. The number of rotatable bonds is 3. The van der Waals surface area contributed by atoms with Crippen LogP contribution in [0.3, 0.4) is 0 Å². The van der Waals surface area contributed by atoms with Crippen molar-refractivity contribution < 1.29 is 4.79 Å². The lowest BCUT2D eigenvalue weighted by atomic mass is 10.1. The topological polar surface area (TPSA) is 45.2 Å². The molecule has 4 heteroatoms. The molecule has 1 amide bonds. The van der Waals surface area contributed by atoms with Crippen LogP contribution < -0.4 is 10.2 Å². The molecule has 0 atom stereocenters. The molecular formula is C20H19N3O. The molecule has 3 aromatic rings. The van der Waals surface area contributed by atoms with E-state index < -0.39 is 0 Å². The van der Waals surface area contributed by atoms with Gasteiger partial charge in [0.2, 0.25) is 0 Å². The Kier molecular flexibility index (Phi) is 3.87. The minimum Gasteiger partial charge on any atom is -0.371 e. The Morgan fingerprint density at radius 1 is 1.00 bits per heavy atom. The minimum absolute atomic E-state index is 0.174. The largest absolute Gasteiger partial charge is 0.371 e. The fraction of sp³-hybridized carbons (Fsp3) is 0.200. The first-order chi connectivity index (χ1) is 11.8. The van der Waals surface area contributed by atoms with Gasteiger partial charge in [-0.3, -0.25) is 9.78 Å². The number of carbonyl (C=O) groups excluding carboxylic acids is 1. The first-order valence-electron chi connectivity index (χ1n) is 8.31. The van der Waals surface area contributed by atoms with Gasteiger partial charge in [0.05, 0.1) is 0 Å². The number of hydrogen-bond acceptors (Lipinski definition) is 3. The normalized spacial score (nSPS) is 14.1. The van der Waals surface area contributed by atoms with E-state index in [1.807, 2.05) is 54.6 Å². The highest BCUT2D eigenvalue weighted by Gasteiger charge is 2.15.